The molecule has 26 heavy (non-hydrogen) atoms. The molecule has 0 saturated carbocycles. The van der Waals surface area contributed by atoms with Crippen molar-refractivity contribution in [2.45, 2.75) is 27.4 Å². The van der Waals surface area contributed by atoms with Gasteiger partial charge in [-0.3, -0.25) is 4.79 Å². The van der Waals surface area contributed by atoms with Crippen molar-refractivity contribution < 1.29 is 14.1 Å². The first-order chi connectivity index (χ1) is 12.5. The monoisotopic (exact) mass is 370 g/mol. The Morgan fingerprint density at radius 2 is 1.96 bits per heavy atom. The lowest BCUT2D eigenvalue weighted by Crippen LogP contribution is -2.14. The van der Waals surface area contributed by atoms with Gasteiger partial charge in [0.25, 0.3) is 5.91 Å². The number of amides is 1. The molecule has 0 spiro atoms. The Labute approximate surface area is 156 Å². The van der Waals surface area contributed by atoms with Gasteiger partial charge in [-0.2, -0.15) is 0 Å². The van der Waals surface area contributed by atoms with Crippen LogP contribution in [0.5, 0.6) is 5.75 Å². The summed E-state index contributed by atoms with van der Waals surface area (Å²) in [4.78, 5) is 12.7. The number of para-hydroxylation sites is 1. The summed E-state index contributed by atoms with van der Waals surface area (Å²) in [5, 5.41) is 7.37. The molecule has 0 fully saturated rings. The second-order valence-electron chi connectivity index (χ2n) is 6.00. The second kappa shape index (κ2) is 7.62. The number of aryl methyl sites for hydroxylation is 3. The quantitative estimate of drug-likeness (QED) is 0.679. The number of benzene rings is 2. The Kier molecular flexibility index (Phi) is 5.28. The number of hydrogen-bond donors (Lipinski definition) is 1. The number of hydrogen-bond acceptors (Lipinski definition) is 4. The summed E-state index contributed by atoms with van der Waals surface area (Å²) in [6.45, 7) is 5.88. The highest BCUT2D eigenvalue weighted by atomic mass is 35.5. The fraction of sp³-hybridized carbons (Fsp3) is 0.200. The molecule has 0 atom stereocenters. The summed E-state index contributed by atoms with van der Waals surface area (Å²) in [6, 6.07) is 12.5. The molecule has 0 bridgehead atoms. The maximum absolute atomic E-state index is 12.7. The van der Waals surface area contributed by atoms with Crippen LogP contribution in [0.15, 0.2) is 47.0 Å². The van der Waals surface area contributed by atoms with Crippen LogP contribution in [-0.4, -0.2) is 11.1 Å². The Morgan fingerprint density at radius 1 is 1.19 bits per heavy atom. The van der Waals surface area contributed by atoms with E-state index in [1.807, 2.05) is 32.9 Å². The first-order valence-corrected chi connectivity index (χ1v) is 8.54. The lowest BCUT2D eigenvalue weighted by atomic mass is 10.1. The normalized spacial score (nSPS) is 10.6. The van der Waals surface area contributed by atoms with Crippen LogP contribution in [0.2, 0.25) is 5.02 Å². The smallest absolute Gasteiger partial charge is 0.259 e. The van der Waals surface area contributed by atoms with Gasteiger partial charge in [0, 0.05) is 10.7 Å². The molecule has 3 aromatic rings. The van der Waals surface area contributed by atoms with Gasteiger partial charge in [0.2, 0.25) is 0 Å². The van der Waals surface area contributed by atoms with Crippen molar-refractivity contribution in [1.29, 1.82) is 0 Å². The van der Waals surface area contributed by atoms with Crippen molar-refractivity contribution in [2.75, 3.05) is 5.32 Å². The molecule has 0 saturated heterocycles. The highest BCUT2D eigenvalue weighted by Crippen LogP contribution is 2.25. The molecular weight excluding hydrogens is 352 g/mol. The van der Waals surface area contributed by atoms with Crippen LogP contribution in [0.3, 0.4) is 0 Å². The molecule has 1 heterocycles. The summed E-state index contributed by atoms with van der Waals surface area (Å²) in [5.41, 5.74) is 3.70. The first-order valence-electron chi connectivity index (χ1n) is 8.17. The zero-order chi connectivity index (χ0) is 18.7. The molecule has 1 aromatic heterocycles. The molecule has 3 rings (SSSR count). The molecule has 2 aromatic carbocycles. The number of anilines is 1. The molecule has 0 unspecified atom stereocenters. The van der Waals surface area contributed by atoms with E-state index >= 15 is 0 Å². The molecular formula is C20H19ClN2O3. The third-order valence-corrected chi connectivity index (χ3v) is 4.37. The van der Waals surface area contributed by atoms with Crippen LogP contribution in [0.4, 0.5) is 5.69 Å². The van der Waals surface area contributed by atoms with Gasteiger partial charge in [0.05, 0.1) is 16.8 Å². The van der Waals surface area contributed by atoms with Crippen LogP contribution >= 0.6 is 11.6 Å². The van der Waals surface area contributed by atoms with E-state index in [0.717, 1.165) is 16.8 Å². The Hall–Kier alpha value is -2.79. The van der Waals surface area contributed by atoms with Gasteiger partial charge in [0.15, 0.2) is 0 Å². The number of aromatic nitrogens is 1. The van der Waals surface area contributed by atoms with E-state index in [1.165, 1.54) is 0 Å². The van der Waals surface area contributed by atoms with Crippen molar-refractivity contribution in [2.24, 2.45) is 0 Å². The van der Waals surface area contributed by atoms with Gasteiger partial charge in [-0.15, -0.1) is 0 Å². The molecule has 0 aliphatic heterocycles. The van der Waals surface area contributed by atoms with E-state index in [9.17, 15) is 4.79 Å². The van der Waals surface area contributed by atoms with E-state index in [0.29, 0.717) is 27.8 Å². The van der Waals surface area contributed by atoms with E-state index < -0.39 is 0 Å². The van der Waals surface area contributed by atoms with E-state index in [1.54, 1.807) is 30.3 Å². The topological polar surface area (TPSA) is 64.4 Å². The SMILES string of the molecule is Cc1ccc(Cl)cc1NC(=O)c1ccccc1OCc1c(C)noc1C. The number of rotatable bonds is 5. The predicted octanol–water partition coefficient (Wildman–Crippen LogP) is 5.08. The fourth-order valence-corrected chi connectivity index (χ4v) is 2.73. The summed E-state index contributed by atoms with van der Waals surface area (Å²) in [6.07, 6.45) is 0. The number of carbonyl (C=O) groups is 1. The maximum atomic E-state index is 12.7. The van der Waals surface area contributed by atoms with Gasteiger partial charge in [-0.1, -0.05) is 35.0 Å². The second-order valence-corrected chi connectivity index (χ2v) is 6.44. The number of nitrogens with zero attached hydrogens (tertiary/aromatic N) is 1. The zero-order valence-corrected chi connectivity index (χ0v) is 15.6. The molecule has 5 nitrogen and oxygen atoms in total. The van der Waals surface area contributed by atoms with Crippen molar-refractivity contribution in [3.63, 3.8) is 0 Å². The maximum Gasteiger partial charge on any atom is 0.259 e. The minimum absolute atomic E-state index is 0.260. The molecule has 134 valence electrons. The van der Waals surface area contributed by atoms with Crippen molar-refractivity contribution in [3.05, 3.63) is 75.6 Å². The largest absolute Gasteiger partial charge is 0.488 e. The minimum atomic E-state index is -0.260. The van der Waals surface area contributed by atoms with Gasteiger partial charge in [-0.25, -0.2) is 0 Å². The van der Waals surface area contributed by atoms with Crippen molar-refractivity contribution >= 4 is 23.2 Å². The third kappa shape index (κ3) is 3.89. The molecule has 6 heteroatoms. The van der Waals surface area contributed by atoms with E-state index in [4.69, 9.17) is 20.9 Å². The molecule has 0 radical (unpaired) electrons. The zero-order valence-electron chi connectivity index (χ0n) is 14.8. The lowest BCUT2D eigenvalue weighted by Gasteiger charge is -2.13. The predicted molar refractivity (Wildman–Crippen MR) is 101 cm³/mol. The minimum Gasteiger partial charge on any atom is -0.488 e. The first kappa shape index (κ1) is 18.0. The highest BCUT2D eigenvalue weighted by Gasteiger charge is 2.15. The molecule has 0 aliphatic carbocycles. The van der Waals surface area contributed by atoms with Gasteiger partial charge in [-0.05, 0) is 50.6 Å². The van der Waals surface area contributed by atoms with Gasteiger partial charge >= 0.3 is 0 Å². The molecule has 1 N–H and O–H groups in total. The van der Waals surface area contributed by atoms with Crippen LogP contribution in [0.25, 0.3) is 0 Å². The Morgan fingerprint density at radius 3 is 2.69 bits per heavy atom. The average molecular weight is 371 g/mol. The highest BCUT2D eigenvalue weighted by molar-refractivity contribution is 6.31. The number of ether oxygens (including phenoxy) is 1. The summed E-state index contributed by atoms with van der Waals surface area (Å²) < 4.78 is 11.0. The Balaban J connectivity index is 1.80. The van der Waals surface area contributed by atoms with E-state index in [-0.39, 0.29) is 12.5 Å². The number of nitrogens with one attached hydrogen (secondary N) is 1. The summed E-state index contributed by atoms with van der Waals surface area (Å²) in [7, 11) is 0. The molecule has 1 amide bonds. The van der Waals surface area contributed by atoms with Crippen LogP contribution in [0.1, 0.15) is 32.9 Å². The Bertz CT molecular complexity index is 930. The fourth-order valence-electron chi connectivity index (χ4n) is 2.56. The lowest BCUT2D eigenvalue weighted by molar-refractivity contribution is 0.102. The summed E-state index contributed by atoms with van der Waals surface area (Å²) in [5.74, 6) is 0.938. The van der Waals surface area contributed by atoms with Crippen molar-refractivity contribution in [1.82, 2.24) is 5.16 Å². The van der Waals surface area contributed by atoms with Gasteiger partial charge < -0.3 is 14.6 Å². The van der Waals surface area contributed by atoms with Gasteiger partial charge in [0.1, 0.15) is 18.1 Å². The molecule has 0 aliphatic rings. The van der Waals surface area contributed by atoms with Crippen molar-refractivity contribution in [3.8, 4) is 5.75 Å². The summed E-state index contributed by atoms with van der Waals surface area (Å²) >= 11 is 6.02. The van der Waals surface area contributed by atoms with Crippen LogP contribution in [0, 0.1) is 20.8 Å². The van der Waals surface area contributed by atoms with Crippen LogP contribution < -0.4 is 10.1 Å². The average Bonchev–Trinajstić information content (AvgIpc) is 2.94. The standard InChI is InChI=1S/C20H19ClN2O3/c1-12-8-9-15(21)10-18(12)22-20(24)16-6-4-5-7-19(16)25-11-17-13(2)23-26-14(17)3/h4-10H,11H2,1-3H3,(H,22,24). The number of carbonyl (C=O) groups excluding carboxylic acids is 1. The number of halogens is 1. The third-order valence-electron chi connectivity index (χ3n) is 4.13. The van der Waals surface area contributed by atoms with E-state index in [2.05, 4.69) is 10.5 Å². The van der Waals surface area contributed by atoms with Crippen LogP contribution in [-0.2, 0) is 6.61 Å².